The van der Waals surface area contributed by atoms with E-state index in [1.807, 2.05) is 21.1 Å². The molecule has 0 aliphatic carbocycles. The summed E-state index contributed by atoms with van der Waals surface area (Å²) in [5.41, 5.74) is 0. The average Bonchev–Trinajstić information content (AvgIpc) is 2.62. The first-order chi connectivity index (χ1) is 48.6. The van der Waals surface area contributed by atoms with Gasteiger partial charge in [-0.3, -0.25) is 9.59 Å². The highest BCUT2D eigenvalue weighted by molar-refractivity contribution is 5.70. The van der Waals surface area contributed by atoms with Gasteiger partial charge in [-0.2, -0.15) is 0 Å². The Morgan fingerprint density at radius 3 is 0.808 bits per heavy atom. The molecule has 2 unspecified atom stereocenters. The van der Waals surface area contributed by atoms with Gasteiger partial charge in [0.1, 0.15) is 13.2 Å². The van der Waals surface area contributed by atoms with Crippen LogP contribution in [-0.2, 0) is 33.3 Å². The summed E-state index contributed by atoms with van der Waals surface area (Å²) in [4.78, 5) is 37.7. The summed E-state index contributed by atoms with van der Waals surface area (Å²) in [6.45, 7) is 4.58. The lowest BCUT2D eigenvalue weighted by Crippen LogP contribution is -2.44. The molecule has 0 fully saturated rings. The molecule has 9 nitrogen and oxygen atoms in total. The van der Waals surface area contributed by atoms with Gasteiger partial charge in [0.05, 0.1) is 40.3 Å². The van der Waals surface area contributed by atoms with Gasteiger partial charge in [-0.1, -0.05) is 386 Å². The van der Waals surface area contributed by atoms with E-state index in [2.05, 4.69) is 123 Å². The Morgan fingerprint density at radius 1 is 0.303 bits per heavy atom. The van der Waals surface area contributed by atoms with Crippen LogP contribution in [0.4, 0.5) is 0 Å². The summed E-state index contributed by atoms with van der Waals surface area (Å²) >= 11 is 0. The topological polar surface area (TPSA) is 111 Å². The minimum absolute atomic E-state index is 0.148. The van der Waals surface area contributed by atoms with Crippen LogP contribution < -0.4 is 5.11 Å². The van der Waals surface area contributed by atoms with Gasteiger partial charge in [-0.15, -0.1) is 0 Å². The van der Waals surface area contributed by atoms with Crippen molar-refractivity contribution >= 4 is 17.9 Å². The molecule has 0 saturated carbocycles. The lowest BCUT2D eigenvalue weighted by atomic mass is 10.0. The molecule has 572 valence electrons. The number of hydrogen-bond acceptors (Lipinski definition) is 8. The van der Waals surface area contributed by atoms with Crippen molar-refractivity contribution in [1.82, 2.24) is 0 Å². The summed E-state index contributed by atoms with van der Waals surface area (Å²) in [7, 11) is 5.95. The van der Waals surface area contributed by atoms with Gasteiger partial charge in [0.15, 0.2) is 12.4 Å². The summed E-state index contributed by atoms with van der Waals surface area (Å²) in [5.74, 6) is -2.26. The quantitative estimate of drug-likeness (QED) is 0.0195. The molecule has 0 aromatic rings. The minimum atomic E-state index is -1.62. The normalized spacial score (nSPS) is 13.2. The van der Waals surface area contributed by atoms with E-state index in [0.29, 0.717) is 23.9 Å². The number of unbranched alkanes of at least 4 members (excludes halogenated alkanes) is 45. The van der Waals surface area contributed by atoms with Crippen molar-refractivity contribution in [3.05, 3.63) is 109 Å². The van der Waals surface area contributed by atoms with E-state index in [0.717, 1.165) is 89.9 Å². The minimum Gasteiger partial charge on any atom is -0.545 e. The van der Waals surface area contributed by atoms with E-state index in [1.54, 1.807) is 0 Å². The van der Waals surface area contributed by atoms with Crippen LogP contribution in [0, 0.1) is 0 Å². The highest BCUT2D eigenvalue weighted by Crippen LogP contribution is 2.20. The molecular weight excluding hydrogens is 1220 g/mol. The second-order valence-electron chi connectivity index (χ2n) is 29.4. The van der Waals surface area contributed by atoms with Crippen LogP contribution in [0.15, 0.2) is 109 Å². The van der Waals surface area contributed by atoms with Gasteiger partial charge in [0.25, 0.3) is 0 Å². The molecule has 0 saturated heterocycles. The predicted octanol–water partition coefficient (Wildman–Crippen LogP) is 25.9. The monoisotopic (exact) mass is 1380 g/mol. The number of rotatable bonds is 78. The molecule has 0 aliphatic heterocycles. The highest BCUT2D eigenvalue weighted by Gasteiger charge is 2.22. The summed E-state index contributed by atoms with van der Waals surface area (Å²) in [6, 6.07) is 0. The standard InChI is InChI=1S/C90H159NO8/c1-6-8-10-12-14-16-18-20-22-24-26-28-30-32-34-36-38-40-41-42-43-44-45-46-47-49-51-53-55-57-59-61-63-65-67-69-71-73-75-77-79-81-88(93)99-86(85-98-90(89(94)95)96-83-82-91(3,4)5)84-97-87(92)80-78-76-74-72-70-68-66-64-62-60-58-56-54-52-50-48-39-37-35-33-31-29-27-25-23-21-19-17-15-13-11-9-7-2/h8-11,14-17,20-23,26-29,32,34,86,90H,6-7,12-13,18-19,24-25,30-31,33,35-85H2,1-5H3/b10-8-,11-9-,16-14-,17-15-,22-20-,23-21-,28-26-,29-27-,34-32-. The molecule has 0 radical (unpaired) electrons. The molecule has 0 rings (SSSR count). The molecule has 0 spiro atoms. The Hall–Kier alpha value is -4.05. The Bertz CT molecular complexity index is 2000. The van der Waals surface area contributed by atoms with E-state index in [1.165, 1.54) is 263 Å². The van der Waals surface area contributed by atoms with E-state index in [9.17, 15) is 19.5 Å². The third kappa shape index (κ3) is 81.1. The fourth-order valence-electron chi connectivity index (χ4n) is 12.2. The molecule has 0 amide bonds. The van der Waals surface area contributed by atoms with Crippen molar-refractivity contribution in [1.29, 1.82) is 0 Å². The van der Waals surface area contributed by atoms with Crippen molar-refractivity contribution in [3.8, 4) is 0 Å². The number of carboxylic acid groups (broad SMARTS) is 1. The number of carboxylic acids is 1. The second-order valence-corrected chi connectivity index (χ2v) is 29.4. The number of quaternary nitrogens is 1. The number of nitrogens with zero attached hydrogens (tertiary/aromatic N) is 1. The number of allylic oxidation sites excluding steroid dienone is 18. The molecule has 0 aromatic heterocycles. The van der Waals surface area contributed by atoms with Crippen LogP contribution >= 0.6 is 0 Å². The molecule has 0 N–H and O–H groups in total. The number of hydrogen-bond donors (Lipinski definition) is 0. The van der Waals surface area contributed by atoms with Gasteiger partial charge >= 0.3 is 11.9 Å². The van der Waals surface area contributed by atoms with Crippen molar-refractivity contribution in [3.63, 3.8) is 0 Å². The Balaban J connectivity index is 3.95. The van der Waals surface area contributed by atoms with Crippen LogP contribution in [0.2, 0.25) is 0 Å². The zero-order valence-corrected chi connectivity index (χ0v) is 65.6. The van der Waals surface area contributed by atoms with Crippen LogP contribution in [0.3, 0.4) is 0 Å². The molecule has 0 aromatic carbocycles. The van der Waals surface area contributed by atoms with Crippen LogP contribution in [-0.4, -0.2) is 82.3 Å². The van der Waals surface area contributed by atoms with Crippen molar-refractivity contribution in [2.45, 2.75) is 399 Å². The van der Waals surface area contributed by atoms with E-state index in [4.69, 9.17) is 18.9 Å². The highest BCUT2D eigenvalue weighted by atomic mass is 16.7. The predicted molar refractivity (Wildman–Crippen MR) is 426 cm³/mol. The van der Waals surface area contributed by atoms with Crippen molar-refractivity contribution < 1.29 is 42.9 Å². The molecule has 0 aliphatic rings. The number of aliphatic carboxylic acids is 1. The van der Waals surface area contributed by atoms with Gasteiger partial charge in [-0.25, -0.2) is 0 Å². The third-order valence-corrected chi connectivity index (χ3v) is 18.5. The zero-order valence-electron chi connectivity index (χ0n) is 65.6. The zero-order chi connectivity index (χ0) is 71.8. The molecule has 99 heavy (non-hydrogen) atoms. The van der Waals surface area contributed by atoms with E-state index < -0.39 is 24.3 Å². The van der Waals surface area contributed by atoms with Crippen molar-refractivity contribution in [2.75, 3.05) is 47.5 Å². The smallest absolute Gasteiger partial charge is 0.306 e. The average molecular weight is 1380 g/mol. The number of ether oxygens (including phenoxy) is 4. The maximum atomic E-state index is 13.0. The Labute approximate surface area is 613 Å². The van der Waals surface area contributed by atoms with E-state index in [-0.39, 0.29) is 32.2 Å². The molecule has 2 atom stereocenters. The third-order valence-electron chi connectivity index (χ3n) is 18.5. The molecule has 0 heterocycles. The fourth-order valence-corrected chi connectivity index (χ4v) is 12.2. The lowest BCUT2D eigenvalue weighted by Gasteiger charge is -2.26. The molecule has 9 heteroatoms. The number of esters is 2. The maximum absolute atomic E-state index is 13.0. The van der Waals surface area contributed by atoms with Gasteiger partial charge in [0.2, 0.25) is 0 Å². The first kappa shape index (κ1) is 94.9. The molecule has 0 bridgehead atoms. The second kappa shape index (κ2) is 79.6. The number of likely N-dealkylation sites (N-methyl/N-ethyl adjacent to an activating group) is 1. The van der Waals surface area contributed by atoms with Crippen LogP contribution in [0.5, 0.6) is 0 Å². The number of carbonyl (C=O) groups excluding carboxylic acids is 3. The Morgan fingerprint density at radius 2 is 0.545 bits per heavy atom. The Kier molecular flexibility index (Phi) is 76.4. The van der Waals surface area contributed by atoms with E-state index >= 15 is 0 Å². The van der Waals surface area contributed by atoms with Crippen LogP contribution in [0.1, 0.15) is 386 Å². The van der Waals surface area contributed by atoms with Crippen molar-refractivity contribution in [2.24, 2.45) is 0 Å². The summed E-state index contributed by atoms with van der Waals surface area (Å²) in [5, 5.41) is 11.9. The molecular formula is C90H159NO8. The SMILES string of the molecule is CC/C=C\C/C=C\C/C=C\C/C=C\C/C=C\CCCCCCCCCCCCCCCCCCCCCCCCCCCC(=O)OC(COC(=O)CCCCCCCCCCCCCCCCCCCCCC/C=C\C/C=C\C/C=C\C/C=C\CC)COC(OCC[N+](C)(C)C)C(=O)[O-]. The summed E-state index contributed by atoms with van der Waals surface area (Å²) in [6.07, 6.45) is 109. The largest absolute Gasteiger partial charge is 0.545 e. The van der Waals surface area contributed by atoms with Crippen LogP contribution in [0.25, 0.3) is 0 Å². The first-order valence-corrected chi connectivity index (χ1v) is 42.0. The first-order valence-electron chi connectivity index (χ1n) is 42.0. The lowest BCUT2D eigenvalue weighted by molar-refractivity contribution is -0.870. The van der Waals surface area contributed by atoms with Gasteiger partial charge in [0, 0.05) is 12.8 Å². The maximum Gasteiger partial charge on any atom is 0.306 e. The van der Waals surface area contributed by atoms with Gasteiger partial charge < -0.3 is 33.3 Å². The van der Waals surface area contributed by atoms with Gasteiger partial charge in [-0.05, 0) is 96.3 Å². The fraction of sp³-hybridized carbons (Fsp3) is 0.767. The summed E-state index contributed by atoms with van der Waals surface area (Å²) < 4.78 is 22.9. The number of carbonyl (C=O) groups is 3.